The van der Waals surface area contributed by atoms with Crippen LogP contribution in [0.3, 0.4) is 0 Å². The number of ketones is 1. The number of amides is 5. The van der Waals surface area contributed by atoms with Gasteiger partial charge in [-0.05, 0) is 54.1 Å². The third-order valence-corrected chi connectivity index (χ3v) is 12.8. The molecule has 1 saturated heterocycles. The van der Waals surface area contributed by atoms with Gasteiger partial charge in [-0.1, -0.05) is 85.4 Å². The third kappa shape index (κ3) is 9.12. The van der Waals surface area contributed by atoms with Gasteiger partial charge in [0.25, 0.3) is 5.91 Å². The van der Waals surface area contributed by atoms with Crippen LogP contribution in [0.4, 0.5) is 4.79 Å². The van der Waals surface area contributed by atoms with Gasteiger partial charge < -0.3 is 26.2 Å². The number of nitrogens with zero attached hydrogens (tertiary/aromatic N) is 1. The second-order valence-corrected chi connectivity index (χ2v) is 18.1. The van der Waals surface area contributed by atoms with Crippen molar-refractivity contribution in [2.75, 3.05) is 18.8 Å². The van der Waals surface area contributed by atoms with Crippen LogP contribution < -0.4 is 21.3 Å². The topological polar surface area (TPSA) is 171 Å². The molecular weight excluding hydrogens is 671 g/mol. The Bertz CT molecular complexity index is 1620. The van der Waals surface area contributed by atoms with E-state index in [1.807, 2.05) is 41.5 Å². The first-order chi connectivity index (χ1) is 23.9. The van der Waals surface area contributed by atoms with Gasteiger partial charge in [0.2, 0.25) is 17.6 Å². The summed E-state index contributed by atoms with van der Waals surface area (Å²) in [5.41, 5.74) is -2.03. The number of nitrogens with one attached hydrogen (secondary N) is 4. The first kappa shape index (κ1) is 39.9. The van der Waals surface area contributed by atoms with Crippen LogP contribution in [0.25, 0.3) is 0 Å². The van der Waals surface area contributed by atoms with Crippen LogP contribution in [0.1, 0.15) is 92.9 Å². The van der Waals surface area contributed by atoms with E-state index in [1.165, 1.54) is 4.90 Å². The molecule has 12 nitrogen and oxygen atoms in total. The first-order valence-electron chi connectivity index (χ1n) is 18.1. The van der Waals surface area contributed by atoms with Crippen LogP contribution >= 0.6 is 0 Å². The molecule has 280 valence electrons. The fraction of sp³-hybridized carbons (Fsp3) is 0.658. The van der Waals surface area contributed by atoms with Crippen LogP contribution in [0.5, 0.6) is 0 Å². The Morgan fingerprint density at radius 1 is 1.02 bits per heavy atom. The van der Waals surface area contributed by atoms with Crippen LogP contribution in [-0.2, 0) is 29.0 Å². The number of terminal acetylenes is 1. The maximum atomic E-state index is 14.5. The zero-order valence-corrected chi connectivity index (χ0v) is 31.7. The van der Waals surface area contributed by atoms with Gasteiger partial charge in [-0.25, -0.2) is 13.2 Å². The lowest BCUT2D eigenvalue weighted by Crippen LogP contribution is -2.63. The average Bonchev–Trinajstić information content (AvgIpc) is 3.37. The number of piperidine rings is 1. The number of carbonyl (C=O) groups excluding carboxylic acids is 5. The number of hydrogen-bond acceptors (Lipinski definition) is 7. The van der Waals surface area contributed by atoms with Gasteiger partial charge >= 0.3 is 6.03 Å². The van der Waals surface area contributed by atoms with E-state index in [0.717, 1.165) is 19.3 Å². The number of benzene rings is 1. The highest BCUT2D eigenvalue weighted by Crippen LogP contribution is 2.65. The SMILES string of the molecule is C#CCCNC(=O)C(=O)C(CCC)NC(=O)[C@@H]1C2C(CN1C(=O)[C@@H](NC(=O)NC1(CS(=O)(=O)c3ccccc3)CCCCC1)C(C)(C)C)C2(C)C. The summed E-state index contributed by atoms with van der Waals surface area (Å²) in [5.74, 6) is -0.576. The Morgan fingerprint density at radius 2 is 1.67 bits per heavy atom. The second-order valence-electron chi connectivity index (χ2n) is 16.1. The van der Waals surface area contributed by atoms with Crippen molar-refractivity contribution in [2.45, 2.75) is 121 Å². The number of Topliss-reactive ketones (excluding diaryl/α,β-unsaturated/α-hetero) is 1. The number of fused-ring (bicyclic) bond motifs is 1. The summed E-state index contributed by atoms with van der Waals surface area (Å²) >= 11 is 0. The minimum Gasteiger partial charge on any atom is -0.348 e. The molecule has 0 bridgehead atoms. The van der Waals surface area contributed by atoms with Crippen molar-refractivity contribution < 1.29 is 32.4 Å². The van der Waals surface area contributed by atoms with E-state index in [0.29, 0.717) is 25.8 Å². The summed E-state index contributed by atoms with van der Waals surface area (Å²) in [4.78, 5) is 69.7. The van der Waals surface area contributed by atoms with Crippen molar-refractivity contribution >= 4 is 39.4 Å². The van der Waals surface area contributed by atoms with E-state index in [1.54, 1.807) is 30.3 Å². The van der Waals surface area contributed by atoms with E-state index >= 15 is 0 Å². The molecule has 0 aromatic heterocycles. The number of rotatable bonds is 14. The Balaban J connectivity index is 1.54. The molecule has 5 amide bonds. The summed E-state index contributed by atoms with van der Waals surface area (Å²) in [5, 5.41) is 11.1. The quantitative estimate of drug-likeness (QED) is 0.130. The molecular formula is C38H55N5O7S. The summed E-state index contributed by atoms with van der Waals surface area (Å²) in [6.07, 6.45) is 9.67. The van der Waals surface area contributed by atoms with Gasteiger partial charge in [0.1, 0.15) is 12.1 Å². The molecule has 1 aromatic carbocycles. The average molecular weight is 726 g/mol. The number of sulfone groups is 1. The van der Waals surface area contributed by atoms with Gasteiger partial charge in [-0.15, -0.1) is 12.3 Å². The summed E-state index contributed by atoms with van der Waals surface area (Å²) in [7, 11) is -3.73. The van der Waals surface area contributed by atoms with Crippen molar-refractivity contribution in [1.29, 1.82) is 0 Å². The number of likely N-dealkylation sites (tertiary alicyclic amines) is 1. The molecule has 3 aliphatic rings. The Hall–Kier alpha value is -3.92. The first-order valence-corrected chi connectivity index (χ1v) is 19.8. The maximum Gasteiger partial charge on any atom is 0.315 e. The molecule has 3 fully saturated rings. The van der Waals surface area contributed by atoms with Crippen LogP contribution in [0.15, 0.2) is 35.2 Å². The molecule has 2 saturated carbocycles. The van der Waals surface area contributed by atoms with Gasteiger partial charge in [0, 0.05) is 19.5 Å². The van der Waals surface area contributed by atoms with Crippen molar-refractivity contribution in [2.24, 2.45) is 22.7 Å². The minimum absolute atomic E-state index is 0.0349. The molecule has 51 heavy (non-hydrogen) atoms. The number of hydrogen-bond donors (Lipinski definition) is 4. The Morgan fingerprint density at radius 3 is 2.25 bits per heavy atom. The van der Waals surface area contributed by atoms with Gasteiger partial charge in [0.15, 0.2) is 9.84 Å². The monoisotopic (exact) mass is 725 g/mol. The summed E-state index contributed by atoms with van der Waals surface area (Å²) in [6, 6.07) is 4.47. The van der Waals surface area contributed by atoms with E-state index < -0.39 is 68.5 Å². The normalized spacial score (nSPS) is 23.1. The predicted octanol–water partition coefficient (Wildman–Crippen LogP) is 3.35. The highest BCUT2D eigenvalue weighted by atomic mass is 32.2. The Labute approximate surface area is 302 Å². The molecule has 13 heteroatoms. The van der Waals surface area contributed by atoms with Crippen LogP contribution in [0.2, 0.25) is 0 Å². The maximum absolute atomic E-state index is 14.5. The smallest absolute Gasteiger partial charge is 0.315 e. The third-order valence-electron chi connectivity index (χ3n) is 10.9. The lowest BCUT2D eigenvalue weighted by atomic mass is 9.83. The molecule has 1 heterocycles. The van der Waals surface area contributed by atoms with E-state index in [2.05, 4.69) is 27.2 Å². The van der Waals surface area contributed by atoms with Crippen LogP contribution in [-0.4, -0.2) is 85.4 Å². The van der Waals surface area contributed by atoms with Crippen molar-refractivity contribution in [3.63, 3.8) is 0 Å². The standard InChI is InChI=1S/C38H55N5O7S/c1-8-10-22-39-33(46)30(44)27(17-9-2)40-32(45)29-28-26(37(28,6)7)23-43(29)34(47)31(36(3,4)5)41-35(48)42-38(20-15-12-16-21-38)24-51(49,50)25-18-13-11-14-19-25/h1,11,13-14,18-19,26-29,31H,9-10,12,15-17,20-24H2,2-7H3,(H,39,46)(H,40,45)(H2,41,42,48)/t26?,27?,28?,29-,31+/m0/s1. The lowest BCUT2D eigenvalue weighted by Gasteiger charge is -2.40. The summed E-state index contributed by atoms with van der Waals surface area (Å²) in [6.45, 7) is 11.8. The highest BCUT2D eigenvalue weighted by molar-refractivity contribution is 7.91. The largest absolute Gasteiger partial charge is 0.348 e. The zero-order valence-electron chi connectivity index (χ0n) is 30.8. The predicted molar refractivity (Wildman–Crippen MR) is 194 cm³/mol. The molecule has 0 radical (unpaired) electrons. The summed E-state index contributed by atoms with van der Waals surface area (Å²) < 4.78 is 26.9. The van der Waals surface area contributed by atoms with E-state index in [-0.39, 0.29) is 47.3 Å². The Kier molecular flexibility index (Phi) is 12.3. The highest BCUT2D eigenvalue weighted by Gasteiger charge is 2.70. The van der Waals surface area contributed by atoms with Crippen LogP contribution in [0, 0.1) is 35.0 Å². The van der Waals surface area contributed by atoms with Crippen molar-refractivity contribution in [1.82, 2.24) is 26.2 Å². The van der Waals surface area contributed by atoms with Gasteiger partial charge in [-0.2, -0.15) is 0 Å². The fourth-order valence-electron chi connectivity index (χ4n) is 7.95. The van der Waals surface area contributed by atoms with Crippen molar-refractivity contribution in [3.05, 3.63) is 30.3 Å². The zero-order chi connectivity index (χ0) is 37.8. The molecule has 3 unspecified atom stereocenters. The van der Waals surface area contributed by atoms with Crippen molar-refractivity contribution in [3.8, 4) is 12.3 Å². The number of carbonyl (C=O) groups is 5. The molecule has 1 aliphatic heterocycles. The molecule has 2 aliphatic carbocycles. The second kappa shape index (κ2) is 15.8. The van der Waals surface area contributed by atoms with E-state index in [9.17, 15) is 32.4 Å². The molecule has 4 rings (SSSR count). The lowest BCUT2D eigenvalue weighted by molar-refractivity contribution is -0.145. The number of urea groups is 1. The molecule has 0 spiro atoms. The molecule has 5 atom stereocenters. The van der Waals surface area contributed by atoms with Gasteiger partial charge in [0.05, 0.1) is 22.2 Å². The fourth-order valence-corrected chi connectivity index (χ4v) is 9.78. The van der Waals surface area contributed by atoms with Gasteiger partial charge in [-0.3, -0.25) is 19.2 Å². The molecule has 4 N–H and O–H groups in total. The van der Waals surface area contributed by atoms with E-state index in [4.69, 9.17) is 6.42 Å². The molecule has 1 aromatic rings. The minimum atomic E-state index is -3.73.